The molecule has 0 aliphatic rings. The summed E-state index contributed by atoms with van der Waals surface area (Å²) in [7, 11) is 0. The zero-order valence-electron chi connectivity index (χ0n) is 8.63. The van der Waals surface area contributed by atoms with Crippen LogP contribution >= 0.6 is 11.6 Å². The van der Waals surface area contributed by atoms with Gasteiger partial charge in [0.15, 0.2) is 0 Å². The van der Waals surface area contributed by atoms with Gasteiger partial charge < -0.3 is 10.7 Å². The van der Waals surface area contributed by atoms with E-state index in [1.165, 1.54) is 0 Å². The minimum Gasteiger partial charge on any atom is -0.398 e. The second kappa shape index (κ2) is 3.59. The third-order valence-corrected chi connectivity index (χ3v) is 2.74. The molecular formula is C11H12ClN3. The molecule has 0 fully saturated rings. The molecule has 4 heteroatoms. The molecule has 0 atom stereocenters. The van der Waals surface area contributed by atoms with Crippen LogP contribution in [0.4, 0.5) is 5.69 Å². The van der Waals surface area contributed by atoms with Crippen molar-refractivity contribution in [2.75, 3.05) is 5.73 Å². The Labute approximate surface area is 93.3 Å². The van der Waals surface area contributed by atoms with Gasteiger partial charge in [0.1, 0.15) is 5.82 Å². The summed E-state index contributed by atoms with van der Waals surface area (Å²) in [5, 5.41) is 0.568. The fourth-order valence-corrected chi connectivity index (χ4v) is 1.49. The summed E-state index contributed by atoms with van der Waals surface area (Å²) in [6.07, 6.45) is 0. The lowest BCUT2D eigenvalue weighted by Crippen LogP contribution is -1.88. The minimum absolute atomic E-state index is 0.568. The topological polar surface area (TPSA) is 54.7 Å². The smallest absolute Gasteiger partial charge is 0.137 e. The van der Waals surface area contributed by atoms with Crippen molar-refractivity contribution in [2.45, 2.75) is 13.8 Å². The van der Waals surface area contributed by atoms with Gasteiger partial charge in [0.05, 0.1) is 16.4 Å². The summed E-state index contributed by atoms with van der Waals surface area (Å²) >= 11 is 5.85. The molecule has 2 rings (SSSR count). The van der Waals surface area contributed by atoms with Crippen LogP contribution in [-0.2, 0) is 0 Å². The molecule has 0 radical (unpaired) electrons. The van der Waals surface area contributed by atoms with E-state index in [0.29, 0.717) is 10.7 Å². The Morgan fingerprint density at radius 2 is 2.07 bits per heavy atom. The van der Waals surface area contributed by atoms with Gasteiger partial charge in [0.2, 0.25) is 0 Å². The number of aromatic amines is 1. The van der Waals surface area contributed by atoms with Crippen LogP contribution in [0.2, 0.25) is 5.02 Å². The van der Waals surface area contributed by atoms with Gasteiger partial charge in [-0.3, -0.25) is 0 Å². The van der Waals surface area contributed by atoms with Crippen LogP contribution in [0, 0.1) is 13.8 Å². The molecule has 1 aromatic heterocycles. The van der Waals surface area contributed by atoms with Crippen molar-refractivity contribution in [2.24, 2.45) is 0 Å². The first-order valence-electron chi connectivity index (χ1n) is 4.66. The highest BCUT2D eigenvalue weighted by atomic mass is 35.5. The predicted octanol–water partition coefficient (Wildman–Crippen LogP) is 2.93. The zero-order valence-corrected chi connectivity index (χ0v) is 9.39. The number of aromatic nitrogens is 2. The Morgan fingerprint density at radius 1 is 1.33 bits per heavy atom. The molecule has 0 saturated carbocycles. The second-order valence-corrected chi connectivity index (χ2v) is 3.94. The summed E-state index contributed by atoms with van der Waals surface area (Å²) in [4.78, 5) is 7.59. The first kappa shape index (κ1) is 10.1. The van der Waals surface area contributed by atoms with E-state index in [0.717, 1.165) is 22.8 Å². The fraction of sp³-hybridized carbons (Fsp3) is 0.182. The lowest BCUT2D eigenvalue weighted by Gasteiger charge is -2.00. The Balaban J connectivity index is 2.49. The van der Waals surface area contributed by atoms with Crippen molar-refractivity contribution in [3.63, 3.8) is 0 Å². The third-order valence-electron chi connectivity index (χ3n) is 2.40. The normalized spacial score (nSPS) is 10.6. The van der Waals surface area contributed by atoms with Crippen molar-refractivity contribution in [3.8, 4) is 11.4 Å². The molecule has 1 aromatic carbocycles. The number of nitrogens with one attached hydrogen (secondary N) is 1. The molecule has 0 spiro atoms. The monoisotopic (exact) mass is 221 g/mol. The zero-order chi connectivity index (χ0) is 11.0. The Bertz CT molecular complexity index is 483. The van der Waals surface area contributed by atoms with Gasteiger partial charge in [-0.15, -0.1) is 0 Å². The second-order valence-electron chi connectivity index (χ2n) is 3.53. The maximum absolute atomic E-state index is 5.85. The molecule has 78 valence electrons. The van der Waals surface area contributed by atoms with E-state index in [1.807, 2.05) is 26.0 Å². The van der Waals surface area contributed by atoms with Crippen LogP contribution in [0.15, 0.2) is 18.2 Å². The van der Waals surface area contributed by atoms with E-state index in [9.17, 15) is 0 Å². The number of imidazole rings is 1. The number of hydrogen-bond acceptors (Lipinski definition) is 2. The summed E-state index contributed by atoms with van der Waals surface area (Å²) in [5.41, 5.74) is 9.32. The molecule has 0 aliphatic heterocycles. The number of benzene rings is 1. The number of hydrogen-bond donors (Lipinski definition) is 2. The highest BCUT2D eigenvalue weighted by molar-refractivity contribution is 6.33. The van der Waals surface area contributed by atoms with Crippen molar-refractivity contribution < 1.29 is 0 Å². The standard InChI is InChI=1S/C11H12ClN3/c1-6-7(2)15-11(14-6)8-3-4-9(12)10(13)5-8/h3-5H,13H2,1-2H3,(H,14,15). The van der Waals surface area contributed by atoms with Crippen LogP contribution in [0.5, 0.6) is 0 Å². The van der Waals surface area contributed by atoms with Gasteiger partial charge in [-0.25, -0.2) is 4.98 Å². The molecule has 2 aromatic rings. The number of halogens is 1. The van der Waals surface area contributed by atoms with Gasteiger partial charge in [-0.1, -0.05) is 11.6 Å². The molecule has 0 saturated heterocycles. The average Bonchev–Trinajstić information content (AvgIpc) is 2.52. The number of nitrogens with two attached hydrogens (primary N) is 1. The molecule has 15 heavy (non-hydrogen) atoms. The Kier molecular flexibility index (Phi) is 2.40. The van der Waals surface area contributed by atoms with Crippen molar-refractivity contribution >= 4 is 17.3 Å². The van der Waals surface area contributed by atoms with Gasteiger partial charge in [0.25, 0.3) is 0 Å². The van der Waals surface area contributed by atoms with E-state index in [4.69, 9.17) is 17.3 Å². The number of aryl methyl sites for hydroxylation is 2. The molecular weight excluding hydrogens is 210 g/mol. The summed E-state index contributed by atoms with van der Waals surface area (Å²) < 4.78 is 0. The molecule has 0 amide bonds. The van der Waals surface area contributed by atoms with E-state index >= 15 is 0 Å². The first-order chi connectivity index (χ1) is 7.08. The van der Waals surface area contributed by atoms with E-state index in [2.05, 4.69) is 9.97 Å². The van der Waals surface area contributed by atoms with Crippen LogP contribution in [-0.4, -0.2) is 9.97 Å². The van der Waals surface area contributed by atoms with Gasteiger partial charge >= 0.3 is 0 Å². The minimum atomic E-state index is 0.568. The number of nitrogens with zero attached hydrogens (tertiary/aromatic N) is 1. The predicted molar refractivity (Wildman–Crippen MR) is 62.9 cm³/mol. The first-order valence-corrected chi connectivity index (χ1v) is 5.04. The number of rotatable bonds is 1. The van der Waals surface area contributed by atoms with Crippen LogP contribution in [0.3, 0.4) is 0 Å². The third kappa shape index (κ3) is 1.83. The summed E-state index contributed by atoms with van der Waals surface area (Å²) in [6, 6.07) is 5.50. The molecule has 3 nitrogen and oxygen atoms in total. The Hall–Kier alpha value is -1.48. The number of nitrogen functional groups attached to an aromatic ring is 1. The van der Waals surface area contributed by atoms with Crippen LogP contribution in [0.25, 0.3) is 11.4 Å². The largest absolute Gasteiger partial charge is 0.398 e. The van der Waals surface area contributed by atoms with Crippen molar-refractivity contribution in [1.82, 2.24) is 9.97 Å². The lowest BCUT2D eigenvalue weighted by atomic mass is 10.2. The molecule has 0 unspecified atom stereocenters. The van der Waals surface area contributed by atoms with Crippen molar-refractivity contribution in [3.05, 3.63) is 34.6 Å². The Morgan fingerprint density at radius 3 is 2.60 bits per heavy atom. The fourth-order valence-electron chi connectivity index (χ4n) is 1.38. The van der Waals surface area contributed by atoms with Crippen molar-refractivity contribution in [1.29, 1.82) is 0 Å². The summed E-state index contributed by atoms with van der Waals surface area (Å²) in [6.45, 7) is 3.96. The number of anilines is 1. The van der Waals surface area contributed by atoms with E-state index < -0.39 is 0 Å². The summed E-state index contributed by atoms with van der Waals surface area (Å²) in [5.74, 6) is 0.827. The van der Waals surface area contributed by atoms with Crippen LogP contribution < -0.4 is 5.73 Å². The average molecular weight is 222 g/mol. The van der Waals surface area contributed by atoms with E-state index in [-0.39, 0.29) is 0 Å². The lowest BCUT2D eigenvalue weighted by molar-refractivity contribution is 1.22. The highest BCUT2D eigenvalue weighted by Gasteiger charge is 2.06. The van der Waals surface area contributed by atoms with Gasteiger partial charge in [-0.05, 0) is 32.0 Å². The molecule has 0 aliphatic carbocycles. The van der Waals surface area contributed by atoms with E-state index in [1.54, 1.807) is 6.07 Å². The van der Waals surface area contributed by atoms with Gasteiger partial charge in [0, 0.05) is 11.3 Å². The molecule has 1 heterocycles. The maximum atomic E-state index is 5.85. The highest BCUT2D eigenvalue weighted by Crippen LogP contribution is 2.25. The maximum Gasteiger partial charge on any atom is 0.137 e. The SMILES string of the molecule is Cc1nc(-c2ccc(Cl)c(N)c2)[nH]c1C. The van der Waals surface area contributed by atoms with Crippen LogP contribution in [0.1, 0.15) is 11.4 Å². The molecule has 3 N–H and O–H groups in total. The number of H-pyrrole nitrogens is 1. The quantitative estimate of drug-likeness (QED) is 0.728. The molecule has 0 bridgehead atoms. The van der Waals surface area contributed by atoms with Gasteiger partial charge in [-0.2, -0.15) is 0 Å².